The quantitative estimate of drug-likeness (QED) is 0.428. The molecule has 5 heavy (non-hydrogen) atoms. The largest absolute Gasteiger partial charge is 0.301 e. The summed E-state index contributed by atoms with van der Waals surface area (Å²) in [6.07, 6.45) is 0. The lowest BCUT2D eigenvalue weighted by atomic mass is 14.0. The zero-order chi connectivity index (χ0) is 3.58. The fourth-order valence-electron chi connectivity index (χ4n) is 0. The lowest BCUT2D eigenvalue weighted by Gasteiger charge is -1.66. The molecule has 3 N–H and O–H groups in total. The summed E-state index contributed by atoms with van der Waals surface area (Å²) in [7, 11) is 0. The van der Waals surface area contributed by atoms with Crippen molar-refractivity contribution in [1.82, 2.24) is 0 Å². The first-order valence-electron chi connectivity index (χ1n) is 0.569. The van der Waals surface area contributed by atoms with Crippen molar-refractivity contribution >= 4 is 24.7 Å². The van der Waals surface area contributed by atoms with Crippen molar-refractivity contribution in [2.75, 3.05) is 0 Å². The zero-order valence-electron chi connectivity index (χ0n) is 2.30. The monoisotopic (exact) mass is 115 g/mol. The van der Waals surface area contributed by atoms with Crippen LogP contribution in [0.15, 0.2) is 0 Å². The topological polar surface area (TPSA) is 64.3 Å². The molecule has 0 aromatic carbocycles. The molecule has 34 valence electrons. The average Bonchev–Trinajstić information content (AvgIpc) is 0.811. The maximum atomic E-state index is 7.31. The second-order valence-electron chi connectivity index (χ2n) is 0.264. The van der Waals surface area contributed by atoms with Gasteiger partial charge in [-0.05, 0) is 0 Å². The zero-order valence-corrected chi connectivity index (χ0v) is 4.12. The lowest BCUT2D eigenvalue weighted by Crippen LogP contribution is -1.70. The molecule has 0 amide bonds. The first kappa shape index (κ1) is 9.05. The molecule has 0 heterocycles. The Morgan fingerprint density at radius 2 is 1.40 bits per heavy atom. The van der Waals surface area contributed by atoms with Crippen molar-refractivity contribution < 1.29 is 9.11 Å². The van der Waals surface area contributed by atoms with Crippen LogP contribution >= 0.6 is 13.5 Å². The third kappa shape index (κ3) is 147. The molecule has 0 unspecified atom stereocenters. The molecular formula is H5NO2S2. The van der Waals surface area contributed by atoms with Gasteiger partial charge in [0.25, 0.3) is 0 Å². The second-order valence-corrected chi connectivity index (χ2v) is 0.793. The highest BCUT2D eigenvalue weighted by Gasteiger charge is 1.54. The van der Waals surface area contributed by atoms with Crippen molar-refractivity contribution in [2.45, 2.75) is 0 Å². The van der Waals surface area contributed by atoms with Crippen LogP contribution in [-0.2, 0) is 11.3 Å². The van der Waals surface area contributed by atoms with Crippen LogP contribution < -0.4 is 0 Å². The first-order valence-corrected chi connectivity index (χ1v) is 1.71. The van der Waals surface area contributed by atoms with Crippen molar-refractivity contribution in [1.29, 1.82) is 4.78 Å². The molecule has 0 aromatic heterocycles. The molecule has 0 aliphatic carbocycles. The van der Waals surface area contributed by atoms with E-state index in [0.29, 0.717) is 0 Å². The van der Waals surface area contributed by atoms with Crippen LogP contribution in [0.25, 0.3) is 0 Å². The highest BCUT2D eigenvalue weighted by atomic mass is 32.2. The van der Waals surface area contributed by atoms with E-state index in [4.69, 9.17) is 13.9 Å². The Morgan fingerprint density at radius 1 is 1.40 bits per heavy atom. The summed E-state index contributed by atoms with van der Waals surface area (Å²) in [5.74, 6) is 0. The summed E-state index contributed by atoms with van der Waals surface area (Å²) < 4.78 is 20.3. The maximum Gasteiger partial charge on any atom is 0.168 e. The molecule has 0 aromatic rings. The van der Waals surface area contributed by atoms with E-state index in [0.717, 1.165) is 0 Å². The van der Waals surface area contributed by atoms with Crippen LogP contribution in [0.1, 0.15) is 0 Å². The predicted molar refractivity (Wildman–Crippen MR) is 25.7 cm³/mol. The normalized spacial score (nSPS) is 7.00. The Labute approximate surface area is 39.4 Å². The molecule has 0 fully saturated rings. The Morgan fingerprint density at radius 3 is 1.40 bits per heavy atom. The van der Waals surface area contributed by atoms with Gasteiger partial charge in [-0.1, -0.05) is 0 Å². The first-order chi connectivity index (χ1) is 1.73. The molecular weight excluding hydrogens is 110 g/mol. The molecule has 0 saturated heterocycles. The van der Waals surface area contributed by atoms with Crippen molar-refractivity contribution in [3.63, 3.8) is 0 Å². The molecule has 0 aliphatic heterocycles. The smallest absolute Gasteiger partial charge is 0.168 e. The molecule has 3 nitrogen and oxygen atoms in total. The maximum absolute atomic E-state index is 7.31. The molecule has 0 radical (unpaired) electrons. The molecule has 5 heteroatoms. The van der Waals surface area contributed by atoms with Gasteiger partial charge >= 0.3 is 0 Å². The fraction of sp³-hybridized carbons (Fsp3) is 0. The second kappa shape index (κ2) is 4.42. The van der Waals surface area contributed by atoms with Crippen LogP contribution in [-0.4, -0.2) is 9.11 Å². The number of nitrogens with one attached hydrogen (secondary N) is 1. The summed E-state index contributed by atoms with van der Waals surface area (Å²) >= 11 is -2.11. The van der Waals surface area contributed by atoms with E-state index in [1.54, 1.807) is 0 Å². The number of hydrogen-bond donors (Lipinski definition) is 3. The van der Waals surface area contributed by atoms with Gasteiger partial charge in [0.1, 0.15) is 0 Å². The van der Waals surface area contributed by atoms with Gasteiger partial charge in [-0.2, -0.15) is 13.5 Å². The average molecular weight is 115 g/mol. The van der Waals surface area contributed by atoms with Gasteiger partial charge in [0.15, 0.2) is 11.3 Å². The minimum Gasteiger partial charge on any atom is -0.301 e. The highest BCUT2D eigenvalue weighted by Crippen LogP contribution is 1.48. The van der Waals surface area contributed by atoms with Gasteiger partial charge in [-0.15, -0.1) is 0 Å². The molecule has 0 saturated carbocycles. The van der Waals surface area contributed by atoms with Gasteiger partial charge in [0.05, 0.1) is 0 Å². The van der Waals surface area contributed by atoms with Gasteiger partial charge in [-0.25, -0.2) is 4.78 Å². The van der Waals surface area contributed by atoms with E-state index in [-0.39, 0.29) is 13.5 Å². The predicted octanol–water partition coefficient (Wildman–Crippen LogP) is 0.426. The highest BCUT2D eigenvalue weighted by molar-refractivity contribution is 7.74. The molecule has 0 bridgehead atoms. The fourth-order valence-corrected chi connectivity index (χ4v) is 0. The van der Waals surface area contributed by atoms with Crippen LogP contribution in [0, 0.1) is 4.78 Å². The summed E-state index contributed by atoms with van der Waals surface area (Å²) in [5.41, 5.74) is 0. The minimum absolute atomic E-state index is 0. The SMILES string of the molecule is N=S(O)O.S. The molecule has 0 spiro atoms. The van der Waals surface area contributed by atoms with E-state index in [1.165, 1.54) is 0 Å². The lowest BCUT2D eigenvalue weighted by molar-refractivity contribution is 0.515. The van der Waals surface area contributed by atoms with Gasteiger partial charge in [-0.3, -0.25) is 0 Å². The Balaban J connectivity index is 0. The number of hydrogen-bond acceptors (Lipinski definition) is 1. The van der Waals surface area contributed by atoms with E-state index >= 15 is 0 Å². The standard InChI is InChI=1S/H3NO2S.H2S/c1-4(2)3;/h(H3,1,2,3);1H2. The Hall–Kier alpha value is 0.420. The molecule has 0 aliphatic rings. The van der Waals surface area contributed by atoms with Crippen LogP contribution in [0.4, 0.5) is 0 Å². The Bertz CT molecular complexity index is 30.6. The third-order valence-electron chi connectivity index (χ3n) is 0. The van der Waals surface area contributed by atoms with E-state index in [1.807, 2.05) is 0 Å². The van der Waals surface area contributed by atoms with E-state index < -0.39 is 11.3 Å². The van der Waals surface area contributed by atoms with E-state index in [9.17, 15) is 0 Å². The van der Waals surface area contributed by atoms with Crippen molar-refractivity contribution in [3.05, 3.63) is 0 Å². The van der Waals surface area contributed by atoms with Gasteiger partial charge in [0, 0.05) is 0 Å². The third-order valence-corrected chi connectivity index (χ3v) is 0. The van der Waals surface area contributed by atoms with Crippen LogP contribution in [0.3, 0.4) is 0 Å². The summed E-state index contributed by atoms with van der Waals surface area (Å²) in [6, 6.07) is 0. The summed E-state index contributed by atoms with van der Waals surface area (Å²) in [6.45, 7) is 0. The summed E-state index contributed by atoms with van der Waals surface area (Å²) in [5, 5.41) is 0. The molecule has 0 rings (SSSR count). The van der Waals surface area contributed by atoms with Gasteiger partial charge in [0.2, 0.25) is 0 Å². The van der Waals surface area contributed by atoms with Gasteiger partial charge < -0.3 is 9.11 Å². The minimum atomic E-state index is -2.11. The van der Waals surface area contributed by atoms with E-state index in [2.05, 4.69) is 0 Å². The summed E-state index contributed by atoms with van der Waals surface area (Å²) in [4.78, 5) is 0. The van der Waals surface area contributed by atoms with Crippen LogP contribution in [0.2, 0.25) is 0 Å². The van der Waals surface area contributed by atoms with Crippen molar-refractivity contribution in [2.24, 2.45) is 0 Å². The molecule has 0 atom stereocenters. The van der Waals surface area contributed by atoms with Crippen molar-refractivity contribution in [3.8, 4) is 0 Å². The number of rotatable bonds is 0. The van der Waals surface area contributed by atoms with Crippen LogP contribution in [0.5, 0.6) is 0 Å². The Kier molecular flexibility index (Phi) is 8.00.